The maximum Gasteiger partial charge on any atom is 0.293 e. The van der Waals surface area contributed by atoms with Crippen LogP contribution in [0.1, 0.15) is 19.8 Å². The lowest BCUT2D eigenvalue weighted by Gasteiger charge is -2.12. The van der Waals surface area contributed by atoms with Gasteiger partial charge < -0.3 is 9.64 Å². The standard InChI is InChI=1S/C9H13N3O2S2/c1-2-14-8-10-7(11-16-8)15-9(13)12-5-3-4-6-12/h2-6H2,1H3. The van der Waals surface area contributed by atoms with E-state index in [1.807, 2.05) is 11.8 Å². The second-order valence-corrected chi connectivity index (χ2v) is 4.97. The first-order valence-corrected chi connectivity index (χ1v) is 6.82. The van der Waals surface area contributed by atoms with Gasteiger partial charge >= 0.3 is 0 Å². The van der Waals surface area contributed by atoms with Crippen LogP contribution in [0.2, 0.25) is 0 Å². The number of carbonyl (C=O) groups excluding carboxylic acids is 1. The van der Waals surface area contributed by atoms with Crippen LogP contribution in [0.5, 0.6) is 5.19 Å². The SMILES string of the molecule is CCOc1nc(SC(=O)N2CCCC2)ns1. The van der Waals surface area contributed by atoms with Crippen LogP contribution in [0.4, 0.5) is 4.79 Å². The molecule has 1 amide bonds. The van der Waals surface area contributed by atoms with Crippen molar-refractivity contribution in [2.45, 2.75) is 24.9 Å². The quantitative estimate of drug-likeness (QED) is 0.779. The van der Waals surface area contributed by atoms with E-state index in [1.54, 1.807) is 0 Å². The van der Waals surface area contributed by atoms with Gasteiger partial charge in [-0.3, -0.25) is 4.79 Å². The first-order valence-electron chi connectivity index (χ1n) is 5.23. The minimum Gasteiger partial charge on any atom is -0.469 e. The second-order valence-electron chi connectivity index (χ2n) is 3.34. The Morgan fingerprint density at radius 3 is 3.00 bits per heavy atom. The number of thioether (sulfide) groups is 1. The molecule has 1 fully saturated rings. The van der Waals surface area contributed by atoms with Crippen molar-refractivity contribution in [2.75, 3.05) is 19.7 Å². The third kappa shape index (κ3) is 2.85. The van der Waals surface area contributed by atoms with E-state index in [2.05, 4.69) is 9.36 Å². The third-order valence-corrected chi connectivity index (χ3v) is 3.74. The van der Waals surface area contributed by atoms with E-state index in [9.17, 15) is 4.79 Å². The summed E-state index contributed by atoms with van der Waals surface area (Å²) in [6, 6.07) is 0. The number of aromatic nitrogens is 2. The van der Waals surface area contributed by atoms with Crippen molar-refractivity contribution in [2.24, 2.45) is 0 Å². The number of hydrogen-bond acceptors (Lipinski definition) is 6. The third-order valence-electron chi connectivity index (χ3n) is 2.20. The van der Waals surface area contributed by atoms with Crippen molar-refractivity contribution in [1.82, 2.24) is 14.3 Å². The molecular formula is C9H13N3O2S2. The number of hydrogen-bond donors (Lipinski definition) is 0. The van der Waals surface area contributed by atoms with Gasteiger partial charge in [-0.1, -0.05) is 0 Å². The van der Waals surface area contributed by atoms with Gasteiger partial charge in [0.15, 0.2) is 0 Å². The Hall–Kier alpha value is -0.820. The molecule has 0 aromatic carbocycles. The van der Waals surface area contributed by atoms with Crippen LogP contribution in [0, 0.1) is 0 Å². The molecule has 1 aromatic heterocycles. The molecule has 0 bridgehead atoms. The molecule has 2 rings (SSSR count). The summed E-state index contributed by atoms with van der Waals surface area (Å²) >= 11 is 2.27. The lowest BCUT2D eigenvalue weighted by Crippen LogP contribution is -2.23. The molecule has 0 aliphatic carbocycles. The molecule has 1 aromatic rings. The first kappa shape index (κ1) is 11.7. The molecular weight excluding hydrogens is 246 g/mol. The van der Waals surface area contributed by atoms with Crippen molar-refractivity contribution in [3.8, 4) is 5.19 Å². The Morgan fingerprint density at radius 1 is 1.56 bits per heavy atom. The molecule has 5 nitrogen and oxygen atoms in total. The lowest BCUT2D eigenvalue weighted by atomic mass is 10.4. The Labute approximate surface area is 102 Å². The lowest BCUT2D eigenvalue weighted by molar-refractivity contribution is 0.233. The van der Waals surface area contributed by atoms with Crippen molar-refractivity contribution >= 4 is 28.5 Å². The Kier molecular flexibility index (Phi) is 4.00. The summed E-state index contributed by atoms with van der Waals surface area (Å²) in [4.78, 5) is 17.7. The summed E-state index contributed by atoms with van der Waals surface area (Å²) in [7, 11) is 0. The highest BCUT2D eigenvalue weighted by Gasteiger charge is 2.20. The van der Waals surface area contributed by atoms with Gasteiger partial charge in [0.1, 0.15) is 0 Å². The minimum absolute atomic E-state index is 0.0401. The molecule has 16 heavy (non-hydrogen) atoms. The van der Waals surface area contributed by atoms with Crippen molar-refractivity contribution in [3.63, 3.8) is 0 Å². The fraction of sp³-hybridized carbons (Fsp3) is 0.667. The summed E-state index contributed by atoms with van der Waals surface area (Å²) in [6.07, 6.45) is 2.20. The van der Waals surface area contributed by atoms with Crippen LogP contribution in [0.15, 0.2) is 5.16 Å². The monoisotopic (exact) mass is 259 g/mol. The van der Waals surface area contributed by atoms with E-state index >= 15 is 0 Å². The fourth-order valence-electron chi connectivity index (χ4n) is 1.46. The van der Waals surface area contributed by atoms with Crippen molar-refractivity contribution in [3.05, 3.63) is 0 Å². The van der Waals surface area contributed by atoms with Crippen LogP contribution >= 0.6 is 23.3 Å². The Morgan fingerprint density at radius 2 is 2.31 bits per heavy atom. The van der Waals surface area contributed by atoms with Crippen LogP contribution in [-0.4, -0.2) is 39.2 Å². The number of rotatable bonds is 3. The minimum atomic E-state index is 0.0401. The zero-order valence-corrected chi connectivity index (χ0v) is 10.6. The van der Waals surface area contributed by atoms with E-state index in [1.165, 1.54) is 11.5 Å². The van der Waals surface area contributed by atoms with Crippen molar-refractivity contribution < 1.29 is 9.53 Å². The molecule has 1 aliphatic rings. The van der Waals surface area contributed by atoms with E-state index in [-0.39, 0.29) is 5.24 Å². The average molecular weight is 259 g/mol. The topological polar surface area (TPSA) is 55.3 Å². The van der Waals surface area contributed by atoms with E-state index in [0.29, 0.717) is 17.0 Å². The molecule has 0 N–H and O–H groups in total. The number of ether oxygens (including phenoxy) is 1. The van der Waals surface area contributed by atoms with E-state index in [4.69, 9.17) is 4.74 Å². The summed E-state index contributed by atoms with van der Waals surface area (Å²) in [5.74, 6) is 0. The largest absolute Gasteiger partial charge is 0.469 e. The summed E-state index contributed by atoms with van der Waals surface area (Å²) < 4.78 is 9.27. The fourth-order valence-corrected chi connectivity index (χ4v) is 2.87. The molecule has 0 spiro atoms. The highest BCUT2D eigenvalue weighted by molar-refractivity contribution is 8.13. The summed E-state index contributed by atoms with van der Waals surface area (Å²) in [5.41, 5.74) is 0. The van der Waals surface area contributed by atoms with E-state index < -0.39 is 0 Å². The summed E-state index contributed by atoms with van der Waals surface area (Å²) in [5, 5.41) is 1.06. The van der Waals surface area contributed by atoms with Gasteiger partial charge in [0, 0.05) is 36.4 Å². The molecule has 7 heteroatoms. The normalized spacial score (nSPS) is 15.4. The summed E-state index contributed by atoms with van der Waals surface area (Å²) in [6.45, 7) is 4.17. The van der Waals surface area contributed by atoms with Gasteiger partial charge in [0.05, 0.1) is 6.61 Å². The van der Waals surface area contributed by atoms with Crippen LogP contribution in [-0.2, 0) is 0 Å². The van der Waals surface area contributed by atoms with Gasteiger partial charge in [-0.05, 0) is 19.8 Å². The zero-order valence-electron chi connectivity index (χ0n) is 9.01. The van der Waals surface area contributed by atoms with Crippen LogP contribution < -0.4 is 4.74 Å². The predicted molar refractivity (Wildman–Crippen MR) is 63.1 cm³/mol. The number of amides is 1. The smallest absolute Gasteiger partial charge is 0.293 e. The maximum atomic E-state index is 11.8. The van der Waals surface area contributed by atoms with Crippen molar-refractivity contribution in [1.29, 1.82) is 0 Å². The van der Waals surface area contributed by atoms with Crippen LogP contribution in [0.25, 0.3) is 0 Å². The molecule has 2 heterocycles. The number of carbonyl (C=O) groups is 1. The highest BCUT2D eigenvalue weighted by Crippen LogP contribution is 2.25. The molecule has 0 unspecified atom stereocenters. The van der Waals surface area contributed by atoms with Gasteiger partial charge in [0.25, 0.3) is 10.4 Å². The molecule has 1 aliphatic heterocycles. The van der Waals surface area contributed by atoms with Gasteiger partial charge in [0.2, 0.25) is 5.16 Å². The number of likely N-dealkylation sites (tertiary alicyclic amines) is 1. The molecule has 0 saturated carbocycles. The van der Waals surface area contributed by atoms with Gasteiger partial charge in [-0.15, -0.1) is 0 Å². The predicted octanol–water partition coefficient (Wildman–Crippen LogP) is 2.24. The zero-order chi connectivity index (χ0) is 11.4. The Balaban J connectivity index is 1.89. The maximum absolute atomic E-state index is 11.8. The number of nitrogens with zero attached hydrogens (tertiary/aromatic N) is 3. The highest BCUT2D eigenvalue weighted by atomic mass is 32.2. The van der Waals surface area contributed by atoms with Crippen LogP contribution in [0.3, 0.4) is 0 Å². The average Bonchev–Trinajstić information content (AvgIpc) is 2.89. The van der Waals surface area contributed by atoms with Gasteiger partial charge in [-0.2, -0.15) is 9.36 Å². The van der Waals surface area contributed by atoms with E-state index in [0.717, 1.165) is 37.7 Å². The second kappa shape index (κ2) is 5.49. The molecule has 88 valence electrons. The Bertz CT molecular complexity index is 363. The first-order chi connectivity index (χ1) is 7.79. The molecule has 1 saturated heterocycles. The molecule has 0 atom stereocenters. The molecule has 0 radical (unpaired) electrons. The van der Waals surface area contributed by atoms with Gasteiger partial charge in [-0.25, -0.2) is 0 Å².